The van der Waals surface area contributed by atoms with Crippen LogP contribution in [0.4, 0.5) is 5.69 Å². The van der Waals surface area contributed by atoms with Crippen molar-refractivity contribution in [1.29, 1.82) is 0 Å². The van der Waals surface area contributed by atoms with Crippen LogP contribution in [0.2, 0.25) is 0 Å². The summed E-state index contributed by atoms with van der Waals surface area (Å²) in [7, 11) is 0. The SMILES string of the molecule is CCNC(=NCc1cccc(NC(=O)c2ccco2)c1)NCCc1ccc2c(c1)OCO2.I. The second-order valence-corrected chi connectivity index (χ2v) is 7.19. The smallest absolute Gasteiger partial charge is 0.291 e. The van der Waals surface area contributed by atoms with Crippen molar-refractivity contribution in [2.45, 2.75) is 19.9 Å². The largest absolute Gasteiger partial charge is 0.459 e. The van der Waals surface area contributed by atoms with Gasteiger partial charge in [-0.2, -0.15) is 0 Å². The van der Waals surface area contributed by atoms with Crippen LogP contribution < -0.4 is 25.4 Å². The van der Waals surface area contributed by atoms with Crippen molar-refractivity contribution in [2.24, 2.45) is 4.99 Å². The number of ether oxygens (including phenoxy) is 2. The maximum Gasteiger partial charge on any atom is 0.291 e. The van der Waals surface area contributed by atoms with E-state index in [2.05, 4.69) is 20.9 Å². The molecule has 0 bridgehead atoms. The number of halogens is 1. The van der Waals surface area contributed by atoms with Crippen molar-refractivity contribution in [3.8, 4) is 11.5 Å². The Balaban J connectivity index is 0.00000306. The van der Waals surface area contributed by atoms with E-state index in [4.69, 9.17) is 13.9 Å². The number of aliphatic imine (C=N–C) groups is 1. The normalized spacial score (nSPS) is 12.1. The van der Waals surface area contributed by atoms with Gasteiger partial charge in [-0.05, 0) is 60.9 Å². The summed E-state index contributed by atoms with van der Waals surface area (Å²) < 4.78 is 15.9. The predicted octanol–water partition coefficient (Wildman–Crippen LogP) is 4.18. The molecule has 174 valence electrons. The monoisotopic (exact) mass is 562 g/mol. The van der Waals surface area contributed by atoms with E-state index in [9.17, 15) is 4.79 Å². The summed E-state index contributed by atoms with van der Waals surface area (Å²) in [4.78, 5) is 16.8. The van der Waals surface area contributed by atoms with Crippen molar-refractivity contribution in [1.82, 2.24) is 10.6 Å². The quantitative estimate of drug-likeness (QED) is 0.217. The van der Waals surface area contributed by atoms with Crippen molar-refractivity contribution < 1.29 is 18.7 Å². The van der Waals surface area contributed by atoms with E-state index in [1.54, 1.807) is 12.1 Å². The fraction of sp³-hybridized carbons (Fsp3) is 0.250. The molecule has 1 amide bonds. The Hall–Kier alpha value is -3.21. The summed E-state index contributed by atoms with van der Waals surface area (Å²) in [5.41, 5.74) is 2.84. The molecule has 3 N–H and O–H groups in total. The zero-order valence-electron chi connectivity index (χ0n) is 18.3. The summed E-state index contributed by atoms with van der Waals surface area (Å²) in [6, 6.07) is 16.9. The van der Waals surface area contributed by atoms with Gasteiger partial charge in [0.25, 0.3) is 5.91 Å². The Kier molecular flexibility index (Phi) is 8.99. The molecule has 3 aromatic rings. The molecule has 4 rings (SSSR count). The minimum absolute atomic E-state index is 0. The Bertz CT molecular complexity index is 1090. The van der Waals surface area contributed by atoms with Gasteiger partial charge in [0.2, 0.25) is 6.79 Å². The summed E-state index contributed by atoms with van der Waals surface area (Å²) >= 11 is 0. The number of nitrogens with zero attached hydrogens (tertiary/aromatic N) is 1. The molecule has 0 fully saturated rings. The lowest BCUT2D eigenvalue weighted by atomic mass is 10.1. The number of fused-ring (bicyclic) bond motifs is 1. The third-order valence-corrected chi connectivity index (χ3v) is 4.84. The van der Waals surface area contributed by atoms with Crippen LogP contribution in [0.25, 0.3) is 0 Å². The van der Waals surface area contributed by atoms with Crippen molar-refractivity contribution in [3.05, 3.63) is 77.7 Å². The Morgan fingerprint density at radius 1 is 1.00 bits per heavy atom. The molecule has 0 aliphatic carbocycles. The zero-order valence-corrected chi connectivity index (χ0v) is 20.6. The molecule has 0 unspecified atom stereocenters. The molecule has 0 saturated carbocycles. The van der Waals surface area contributed by atoms with E-state index < -0.39 is 0 Å². The maximum atomic E-state index is 12.2. The van der Waals surface area contributed by atoms with Crippen LogP contribution in [0.3, 0.4) is 0 Å². The predicted molar refractivity (Wildman–Crippen MR) is 138 cm³/mol. The lowest BCUT2D eigenvalue weighted by molar-refractivity contribution is 0.0996. The summed E-state index contributed by atoms with van der Waals surface area (Å²) in [6.45, 7) is 4.27. The van der Waals surface area contributed by atoms with Crippen LogP contribution in [0.5, 0.6) is 11.5 Å². The highest BCUT2D eigenvalue weighted by Crippen LogP contribution is 2.32. The van der Waals surface area contributed by atoms with E-state index in [-0.39, 0.29) is 42.4 Å². The second-order valence-electron chi connectivity index (χ2n) is 7.19. The topological polar surface area (TPSA) is 97.1 Å². The summed E-state index contributed by atoms with van der Waals surface area (Å²) in [5, 5.41) is 9.45. The molecule has 0 spiro atoms. The van der Waals surface area contributed by atoms with Crippen LogP contribution >= 0.6 is 24.0 Å². The van der Waals surface area contributed by atoms with Gasteiger partial charge in [0.15, 0.2) is 23.2 Å². The van der Waals surface area contributed by atoms with Crippen LogP contribution in [0.1, 0.15) is 28.6 Å². The number of benzene rings is 2. The number of hydrogen-bond donors (Lipinski definition) is 3. The van der Waals surface area contributed by atoms with Gasteiger partial charge < -0.3 is 29.8 Å². The first-order valence-corrected chi connectivity index (χ1v) is 10.6. The van der Waals surface area contributed by atoms with E-state index in [0.717, 1.165) is 48.1 Å². The molecule has 8 nitrogen and oxygen atoms in total. The lowest BCUT2D eigenvalue weighted by Crippen LogP contribution is -2.38. The molecule has 0 atom stereocenters. The van der Waals surface area contributed by atoms with E-state index in [1.165, 1.54) is 6.26 Å². The first-order chi connectivity index (χ1) is 15.7. The lowest BCUT2D eigenvalue weighted by Gasteiger charge is -2.12. The van der Waals surface area contributed by atoms with Gasteiger partial charge in [-0.1, -0.05) is 18.2 Å². The molecule has 1 aliphatic heterocycles. The van der Waals surface area contributed by atoms with Gasteiger partial charge in [0.05, 0.1) is 12.8 Å². The third-order valence-electron chi connectivity index (χ3n) is 4.84. The highest BCUT2D eigenvalue weighted by molar-refractivity contribution is 14.0. The molecular weight excluding hydrogens is 535 g/mol. The van der Waals surface area contributed by atoms with Gasteiger partial charge in [-0.15, -0.1) is 24.0 Å². The molecule has 9 heteroatoms. The van der Waals surface area contributed by atoms with Crippen LogP contribution in [-0.2, 0) is 13.0 Å². The summed E-state index contributed by atoms with van der Waals surface area (Å²) in [5.74, 6) is 2.31. The molecule has 1 aliphatic rings. The number of carbonyl (C=O) groups excluding carboxylic acids is 1. The minimum atomic E-state index is -0.283. The van der Waals surface area contributed by atoms with Crippen molar-refractivity contribution in [2.75, 3.05) is 25.2 Å². The van der Waals surface area contributed by atoms with Gasteiger partial charge in [-0.25, -0.2) is 4.99 Å². The van der Waals surface area contributed by atoms with E-state index in [1.807, 2.05) is 49.4 Å². The van der Waals surface area contributed by atoms with Gasteiger partial charge in [0, 0.05) is 18.8 Å². The number of hydrogen-bond acceptors (Lipinski definition) is 5. The number of guanidine groups is 1. The Morgan fingerprint density at radius 2 is 1.88 bits per heavy atom. The van der Waals surface area contributed by atoms with Crippen LogP contribution in [0.15, 0.2) is 70.3 Å². The van der Waals surface area contributed by atoms with Crippen molar-refractivity contribution >= 4 is 41.5 Å². The highest BCUT2D eigenvalue weighted by atomic mass is 127. The Morgan fingerprint density at radius 3 is 2.70 bits per heavy atom. The average molecular weight is 562 g/mol. The molecule has 33 heavy (non-hydrogen) atoms. The van der Waals surface area contributed by atoms with E-state index >= 15 is 0 Å². The number of anilines is 1. The summed E-state index contributed by atoms with van der Waals surface area (Å²) in [6.07, 6.45) is 2.30. The van der Waals surface area contributed by atoms with E-state index in [0.29, 0.717) is 12.2 Å². The first kappa shape index (κ1) is 24.4. The first-order valence-electron chi connectivity index (χ1n) is 10.6. The number of rotatable bonds is 8. The number of furan rings is 1. The molecule has 2 aromatic carbocycles. The Labute approximate surface area is 209 Å². The van der Waals surface area contributed by atoms with Crippen LogP contribution in [0, 0.1) is 0 Å². The number of carbonyl (C=O) groups is 1. The fourth-order valence-corrected chi connectivity index (χ4v) is 3.28. The number of nitrogens with one attached hydrogen (secondary N) is 3. The number of amides is 1. The molecule has 2 heterocycles. The van der Waals surface area contributed by atoms with Gasteiger partial charge >= 0.3 is 0 Å². The maximum absolute atomic E-state index is 12.2. The molecule has 0 saturated heterocycles. The average Bonchev–Trinajstić information content (AvgIpc) is 3.49. The van der Waals surface area contributed by atoms with Crippen molar-refractivity contribution in [3.63, 3.8) is 0 Å². The minimum Gasteiger partial charge on any atom is -0.459 e. The standard InChI is InChI=1S/C24H26N4O4.HI/c1-2-25-24(26-11-10-17-8-9-20-22(14-17)32-16-31-20)27-15-18-5-3-6-19(13-18)28-23(29)21-7-4-12-30-21;/h3-9,12-14H,2,10-11,15-16H2,1H3,(H,28,29)(H2,25,26,27);1H. The van der Waals surface area contributed by atoms with Gasteiger partial charge in [-0.3, -0.25) is 4.79 Å². The third kappa shape index (κ3) is 6.88. The molecule has 1 aromatic heterocycles. The zero-order chi connectivity index (χ0) is 22.2. The molecular formula is C24H27IN4O4. The second kappa shape index (κ2) is 12.1. The highest BCUT2D eigenvalue weighted by Gasteiger charge is 2.13. The van der Waals surface area contributed by atoms with Gasteiger partial charge in [0.1, 0.15) is 0 Å². The fourth-order valence-electron chi connectivity index (χ4n) is 3.28. The molecule has 0 radical (unpaired) electrons. The van der Waals surface area contributed by atoms with Crippen LogP contribution in [-0.4, -0.2) is 31.7 Å².